The molecule has 0 heterocycles. The molecule has 1 aliphatic carbocycles. The van der Waals surface area contributed by atoms with Crippen LogP contribution in [0.1, 0.15) is 46.0 Å². The van der Waals surface area contributed by atoms with Crippen molar-refractivity contribution in [3.63, 3.8) is 0 Å². The first-order valence-electron chi connectivity index (χ1n) is 6.32. The van der Waals surface area contributed by atoms with Gasteiger partial charge >= 0.3 is 6.18 Å². The molecule has 1 fully saturated rings. The van der Waals surface area contributed by atoms with E-state index in [2.05, 4.69) is 6.92 Å². The molecule has 1 rings (SSSR count). The van der Waals surface area contributed by atoms with E-state index >= 15 is 0 Å². The van der Waals surface area contributed by atoms with Crippen LogP contribution in [0.25, 0.3) is 0 Å². The molecule has 0 spiro atoms. The SMILES string of the molecule is CCC(N)C(OC1CCC(C)CC1)C(F)(F)F. The van der Waals surface area contributed by atoms with E-state index in [1.54, 1.807) is 6.92 Å². The van der Waals surface area contributed by atoms with E-state index in [-0.39, 0.29) is 12.5 Å². The van der Waals surface area contributed by atoms with Crippen molar-refractivity contribution >= 4 is 0 Å². The summed E-state index contributed by atoms with van der Waals surface area (Å²) in [5.74, 6) is 0.596. The first-order valence-corrected chi connectivity index (χ1v) is 6.32. The lowest BCUT2D eigenvalue weighted by Gasteiger charge is -2.33. The number of hydrogen-bond acceptors (Lipinski definition) is 2. The molecule has 2 unspecified atom stereocenters. The van der Waals surface area contributed by atoms with E-state index in [1.165, 1.54) is 0 Å². The van der Waals surface area contributed by atoms with Crippen LogP contribution in [0.2, 0.25) is 0 Å². The van der Waals surface area contributed by atoms with Crippen LogP contribution in [0.4, 0.5) is 13.2 Å². The number of alkyl halides is 3. The van der Waals surface area contributed by atoms with Gasteiger partial charge in [-0.3, -0.25) is 0 Å². The number of halogens is 3. The molecule has 0 radical (unpaired) electrons. The molecule has 1 aliphatic rings. The Balaban J connectivity index is 2.54. The summed E-state index contributed by atoms with van der Waals surface area (Å²) in [7, 11) is 0. The number of ether oxygens (including phenoxy) is 1. The average molecular weight is 253 g/mol. The van der Waals surface area contributed by atoms with Crippen molar-refractivity contribution < 1.29 is 17.9 Å². The molecule has 0 bridgehead atoms. The van der Waals surface area contributed by atoms with Gasteiger partial charge in [0.1, 0.15) is 0 Å². The summed E-state index contributed by atoms with van der Waals surface area (Å²) in [6, 6.07) is -0.964. The summed E-state index contributed by atoms with van der Waals surface area (Å²) in [6.07, 6.45) is -2.88. The second kappa shape index (κ2) is 6.05. The predicted molar refractivity (Wildman–Crippen MR) is 60.6 cm³/mol. The fraction of sp³-hybridized carbons (Fsp3) is 1.00. The predicted octanol–water partition coefficient (Wildman–Crippen LogP) is 3.25. The van der Waals surface area contributed by atoms with Gasteiger partial charge in [-0.1, -0.05) is 13.8 Å². The topological polar surface area (TPSA) is 35.2 Å². The van der Waals surface area contributed by atoms with Crippen LogP contribution in [0.3, 0.4) is 0 Å². The van der Waals surface area contributed by atoms with E-state index in [9.17, 15) is 13.2 Å². The molecular weight excluding hydrogens is 231 g/mol. The Labute approximate surface area is 101 Å². The highest BCUT2D eigenvalue weighted by atomic mass is 19.4. The van der Waals surface area contributed by atoms with Crippen LogP contribution in [0, 0.1) is 5.92 Å². The van der Waals surface area contributed by atoms with Gasteiger partial charge in [0.2, 0.25) is 0 Å². The first kappa shape index (κ1) is 14.8. The van der Waals surface area contributed by atoms with Crippen LogP contribution in [0.5, 0.6) is 0 Å². The Kier molecular flexibility index (Phi) is 5.25. The fourth-order valence-electron chi connectivity index (χ4n) is 2.21. The molecule has 0 aromatic carbocycles. The normalized spacial score (nSPS) is 30.0. The van der Waals surface area contributed by atoms with Gasteiger partial charge in [-0.25, -0.2) is 0 Å². The molecule has 1 saturated carbocycles. The van der Waals surface area contributed by atoms with Crippen molar-refractivity contribution in [3.8, 4) is 0 Å². The highest BCUT2D eigenvalue weighted by Gasteiger charge is 2.45. The molecule has 0 amide bonds. The zero-order chi connectivity index (χ0) is 13.1. The fourth-order valence-corrected chi connectivity index (χ4v) is 2.21. The Bertz CT molecular complexity index is 224. The zero-order valence-corrected chi connectivity index (χ0v) is 10.5. The lowest BCUT2D eigenvalue weighted by molar-refractivity contribution is -0.242. The third kappa shape index (κ3) is 4.47. The summed E-state index contributed by atoms with van der Waals surface area (Å²) in [4.78, 5) is 0. The monoisotopic (exact) mass is 253 g/mol. The third-order valence-corrected chi connectivity index (χ3v) is 3.48. The van der Waals surface area contributed by atoms with Crippen LogP contribution < -0.4 is 5.73 Å². The lowest BCUT2D eigenvalue weighted by Crippen LogP contribution is -2.48. The van der Waals surface area contributed by atoms with Crippen LogP contribution in [0.15, 0.2) is 0 Å². The zero-order valence-electron chi connectivity index (χ0n) is 10.5. The minimum absolute atomic E-state index is 0.271. The van der Waals surface area contributed by atoms with E-state index in [1.807, 2.05) is 0 Å². The Morgan fingerprint density at radius 1 is 1.24 bits per heavy atom. The van der Waals surface area contributed by atoms with Crippen LogP contribution >= 0.6 is 0 Å². The molecule has 2 atom stereocenters. The van der Waals surface area contributed by atoms with Gasteiger partial charge in [-0.15, -0.1) is 0 Å². The lowest BCUT2D eigenvalue weighted by atomic mass is 9.88. The molecule has 2 nitrogen and oxygen atoms in total. The van der Waals surface area contributed by atoms with Gasteiger partial charge in [0.25, 0.3) is 0 Å². The number of nitrogens with two attached hydrogens (primary N) is 1. The molecule has 0 aromatic rings. The Hall–Kier alpha value is -0.290. The molecule has 0 aromatic heterocycles. The molecule has 102 valence electrons. The van der Waals surface area contributed by atoms with Gasteiger partial charge < -0.3 is 10.5 Å². The maximum atomic E-state index is 12.8. The first-order chi connectivity index (χ1) is 7.84. The largest absolute Gasteiger partial charge is 0.416 e. The van der Waals surface area contributed by atoms with Gasteiger partial charge in [0, 0.05) is 6.04 Å². The maximum Gasteiger partial charge on any atom is 0.416 e. The average Bonchev–Trinajstić information content (AvgIpc) is 2.25. The van der Waals surface area contributed by atoms with Crippen molar-refractivity contribution in [2.75, 3.05) is 0 Å². The van der Waals surface area contributed by atoms with Gasteiger partial charge in [0.15, 0.2) is 6.10 Å². The smallest absolute Gasteiger partial charge is 0.364 e. The number of rotatable bonds is 4. The van der Waals surface area contributed by atoms with Gasteiger partial charge in [0.05, 0.1) is 6.10 Å². The van der Waals surface area contributed by atoms with Crippen molar-refractivity contribution in [2.24, 2.45) is 11.7 Å². The second-order valence-electron chi connectivity index (χ2n) is 5.05. The van der Waals surface area contributed by atoms with E-state index < -0.39 is 18.3 Å². The molecule has 17 heavy (non-hydrogen) atoms. The maximum absolute atomic E-state index is 12.8. The molecule has 0 saturated heterocycles. The van der Waals surface area contributed by atoms with E-state index in [0.29, 0.717) is 18.8 Å². The summed E-state index contributed by atoms with van der Waals surface area (Å²) in [6.45, 7) is 3.77. The minimum atomic E-state index is -4.36. The summed E-state index contributed by atoms with van der Waals surface area (Å²) in [5.41, 5.74) is 5.50. The quantitative estimate of drug-likeness (QED) is 0.834. The number of hydrogen-bond donors (Lipinski definition) is 1. The Morgan fingerprint density at radius 3 is 2.18 bits per heavy atom. The summed E-state index contributed by atoms with van der Waals surface area (Å²) < 4.78 is 43.6. The summed E-state index contributed by atoms with van der Waals surface area (Å²) >= 11 is 0. The van der Waals surface area contributed by atoms with Crippen LogP contribution in [-0.4, -0.2) is 24.4 Å². The molecule has 5 heteroatoms. The van der Waals surface area contributed by atoms with Crippen molar-refractivity contribution in [1.82, 2.24) is 0 Å². The summed E-state index contributed by atoms with van der Waals surface area (Å²) in [5, 5.41) is 0. The van der Waals surface area contributed by atoms with E-state index in [0.717, 1.165) is 12.8 Å². The van der Waals surface area contributed by atoms with Gasteiger partial charge in [-0.2, -0.15) is 13.2 Å². The van der Waals surface area contributed by atoms with Crippen molar-refractivity contribution in [1.29, 1.82) is 0 Å². The van der Waals surface area contributed by atoms with E-state index in [4.69, 9.17) is 10.5 Å². The third-order valence-electron chi connectivity index (χ3n) is 3.48. The van der Waals surface area contributed by atoms with Gasteiger partial charge in [-0.05, 0) is 38.0 Å². The molecular formula is C12H22F3NO. The molecule has 2 N–H and O–H groups in total. The highest BCUT2D eigenvalue weighted by Crippen LogP contribution is 2.32. The standard InChI is InChI=1S/C12H22F3NO/c1-3-10(16)11(12(13,14)15)17-9-6-4-8(2)5-7-9/h8-11H,3-7,16H2,1-2H3. The minimum Gasteiger partial charge on any atom is -0.364 e. The van der Waals surface area contributed by atoms with Crippen molar-refractivity contribution in [2.45, 2.75) is 70.4 Å². The molecule has 0 aliphatic heterocycles. The highest BCUT2D eigenvalue weighted by molar-refractivity contribution is 4.82. The Morgan fingerprint density at radius 2 is 1.76 bits per heavy atom. The van der Waals surface area contributed by atoms with Crippen LogP contribution in [-0.2, 0) is 4.74 Å². The second-order valence-corrected chi connectivity index (χ2v) is 5.05. The van der Waals surface area contributed by atoms with Crippen molar-refractivity contribution in [3.05, 3.63) is 0 Å².